The van der Waals surface area contributed by atoms with Crippen LogP contribution in [-0.2, 0) is 0 Å². The Kier molecular flexibility index (Phi) is 7.02. The maximum Gasteiger partial charge on any atom is 0.126 e. The monoisotopic (exact) mass is 464 g/mol. The molecule has 188 valence electrons. The largest absolute Gasteiger partial charge is 0.507 e. The molecule has 0 bridgehead atoms. The van der Waals surface area contributed by atoms with E-state index < -0.39 is 0 Å². The third-order valence-corrected chi connectivity index (χ3v) is 9.60. The highest BCUT2D eigenvalue weighted by atomic mass is 16.3. The van der Waals surface area contributed by atoms with E-state index in [-0.39, 0.29) is 16.2 Å². The number of rotatable bonds is 3. The van der Waals surface area contributed by atoms with Gasteiger partial charge < -0.3 is 10.2 Å². The molecule has 0 saturated heterocycles. The van der Waals surface area contributed by atoms with Crippen molar-refractivity contribution in [2.45, 2.75) is 118 Å². The minimum Gasteiger partial charge on any atom is -0.507 e. The summed E-state index contributed by atoms with van der Waals surface area (Å²) in [6.45, 7) is 14.1. The van der Waals surface area contributed by atoms with Gasteiger partial charge in [-0.15, -0.1) is 0 Å². The van der Waals surface area contributed by atoms with E-state index in [1.165, 1.54) is 56.9 Å². The van der Waals surface area contributed by atoms with Crippen molar-refractivity contribution in [3.8, 4) is 5.75 Å². The van der Waals surface area contributed by atoms with Crippen LogP contribution in [0.2, 0.25) is 0 Å². The average Bonchev–Trinajstić information content (AvgIpc) is 2.79. The van der Waals surface area contributed by atoms with Crippen molar-refractivity contribution >= 4 is 5.57 Å². The summed E-state index contributed by atoms with van der Waals surface area (Å²) in [4.78, 5) is 0. The number of aliphatic hydroxyl groups excluding tert-OH is 1. The molecule has 2 fully saturated rings. The Bertz CT molecular complexity index is 924. The fourth-order valence-electron chi connectivity index (χ4n) is 7.53. The number of hydrogen-bond acceptors (Lipinski definition) is 2. The van der Waals surface area contributed by atoms with Crippen molar-refractivity contribution in [3.05, 3.63) is 46.7 Å². The lowest BCUT2D eigenvalue weighted by molar-refractivity contribution is 0.0121. The molecule has 0 aliphatic heterocycles. The molecule has 2 nitrogen and oxygen atoms in total. The third kappa shape index (κ3) is 4.47. The van der Waals surface area contributed by atoms with Gasteiger partial charge in [0.2, 0.25) is 0 Å². The third-order valence-electron chi connectivity index (χ3n) is 9.60. The van der Waals surface area contributed by atoms with E-state index in [1.54, 1.807) is 0 Å². The number of phenols is 1. The molecule has 3 aliphatic carbocycles. The predicted octanol–water partition coefficient (Wildman–Crippen LogP) is 9.70. The molecule has 1 aromatic carbocycles. The van der Waals surface area contributed by atoms with Crippen molar-refractivity contribution < 1.29 is 10.2 Å². The highest BCUT2D eigenvalue weighted by molar-refractivity contribution is 5.83. The molecule has 2 N–H and O–H groups in total. The first-order chi connectivity index (χ1) is 16.0. The number of allylic oxidation sites excluding steroid dienone is 3. The van der Waals surface area contributed by atoms with Crippen molar-refractivity contribution in [2.75, 3.05) is 0 Å². The molecule has 0 spiro atoms. The molecule has 34 heavy (non-hydrogen) atoms. The summed E-state index contributed by atoms with van der Waals surface area (Å²) in [6.07, 6.45) is 15.5. The first-order valence-corrected chi connectivity index (χ1v) is 13.9. The Morgan fingerprint density at radius 2 is 1.26 bits per heavy atom. The molecule has 0 amide bonds. The van der Waals surface area contributed by atoms with Crippen LogP contribution in [0.4, 0.5) is 0 Å². The fraction of sp³-hybridized carbons (Fsp3) is 0.688. The van der Waals surface area contributed by atoms with Crippen LogP contribution in [0.25, 0.3) is 5.57 Å². The van der Waals surface area contributed by atoms with Crippen molar-refractivity contribution in [2.24, 2.45) is 22.2 Å². The van der Waals surface area contributed by atoms with Crippen LogP contribution in [0, 0.1) is 22.2 Å². The van der Waals surface area contributed by atoms with E-state index in [0.29, 0.717) is 23.3 Å². The molecule has 2 saturated carbocycles. The zero-order valence-corrected chi connectivity index (χ0v) is 22.6. The van der Waals surface area contributed by atoms with Crippen molar-refractivity contribution in [1.82, 2.24) is 0 Å². The van der Waals surface area contributed by atoms with E-state index in [4.69, 9.17) is 0 Å². The molecular formula is C32H48O2. The van der Waals surface area contributed by atoms with Crippen molar-refractivity contribution in [3.63, 3.8) is 0 Å². The van der Waals surface area contributed by atoms with E-state index in [1.807, 2.05) is 6.07 Å². The Balaban J connectivity index is 1.90. The summed E-state index contributed by atoms with van der Waals surface area (Å²) >= 11 is 0. The Labute approximate surface area is 208 Å². The maximum absolute atomic E-state index is 11.8. The smallest absolute Gasteiger partial charge is 0.126 e. The molecule has 0 unspecified atom stereocenters. The van der Waals surface area contributed by atoms with Gasteiger partial charge in [-0.25, -0.2) is 0 Å². The highest BCUT2D eigenvalue weighted by Gasteiger charge is 2.52. The Morgan fingerprint density at radius 1 is 0.735 bits per heavy atom. The zero-order chi connectivity index (χ0) is 24.7. The van der Waals surface area contributed by atoms with Gasteiger partial charge in [-0.05, 0) is 65.9 Å². The average molecular weight is 465 g/mol. The van der Waals surface area contributed by atoms with Gasteiger partial charge in [-0.3, -0.25) is 0 Å². The van der Waals surface area contributed by atoms with Gasteiger partial charge in [-0.2, -0.15) is 0 Å². The van der Waals surface area contributed by atoms with Crippen LogP contribution in [0.15, 0.2) is 35.6 Å². The van der Waals surface area contributed by atoms with Gasteiger partial charge in [0.15, 0.2) is 0 Å². The summed E-state index contributed by atoms with van der Waals surface area (Å²) < 4.78 is 0. The quantitative estimate of drug-likeness (QED) is 0.467. The van der Waals surface area contributed by atoms with Crippen LogP contribution in [0.3, 0.4) is 0 Å². The lowest BCUT2D eigenvalue weighted by atomic mass is 9.49. The van der Waals surface area contributed by atoms with Crippen LogP contribution in [0.1, 0.15) is 129 Å². The van der Waals surface area contributed by atoms with Crippen LogP contribution in [-0.4, -0.2) is 10.2 Å². The molecule has 0 radical (unpaired) electrons. The minimum absolute atomic E-state index is 0.00765. The summed E-state index contributed by atoms with van der Waals surface area (Å²) in [5, 5.41) is 23.4. The second-order valence-electron chi connectivity index (χ2n) is 13.5. The van der Waals surface area contributed by atoms with Gasteiger partial charge >= 0.3 is 0 Å². The SMILES string of the molecule is CC(C)(C)C1(C(C)(C)C)C=C(c2cccc(C3CCCCC3)c2O)C(O)=C(C2CCCCC2)C1. The van der Waals surface area contributed by atoms with Gasteiger partial charge in [-0.1, -0.05) is 104 Å². The Hall–Kier alpha value is -1.70. The van der Waals surface area contributed by atoms with E-state index >= 15 is 0 Å². The molecular weight excluding hydrogens is 416 g/mol. The topological polar surface area (TPSA) is 40.5 Å². The predicted molar refractivity (Wildman–Crippen MR) is 144 cm³/mol. The first kappa shape index (κ1) is 25.4. The summed E-state index contributed by atoms with van der Waals surface area (Å²) in [7, 11) is 0. The number of phenolic OH excluding ortho intramolecular Hbond substituents is 1. The van der Waals surface area contributed by atoms with Gasteiger partial charge in [0, 0.05) is 16.6 Å². The van der Waals surface area contributed by atoms with Crippen LogP contribution < -0.4 is 0 Å². The van der Waals surface area contributed by atoms with Gasteiger partial charge in [0.05, 0.1) is 0 Å². The molecule has 1 aromatic rings. The van der Waals surface area contributed by atoms with Gasteiger partial charge in [0.1, 0.15) is 11.5 Å². The number of aromatic hydroxyl groups is 1. The van der Waals surface area contributed by atoms with E-state index in [9.17, 15) is 10.2 Å². The minimum atomic E-state index is -0.123. The molecule has 0 aromatic heterocycles. The molecule has 0 atom stereocenters. The molecule has 4 rings (SSSR count). The zero-order valence-electron chi connectivity index (χ0n) is 22.6. The maximum atomic E-state index is 11.8. The molecule has 2 heteroatoms. The molecule has 0 heterocycles. The van der Waals surface area contributed by atoms with E-state index in [0.717, 1.165) is 36.0 Å². The first-order valence-electron chi connectivity index (χ1n) is 13.9. The molecule has 3 aliphatic rings. The summed E-state index contributed by atoms with van der Waals surface area (Å²) in [5.41, 5.74) is 3.90. The van der Waals surface area contributed by atoms with E-state index in [2.05, 4.69) is 59.8 Å². The van der Waals surface area contributed by atoms with Crippen LogP contribution in [0.5, 0.6) is 5.75 Å². The van der Waals surface area contributed by atoms with Crippen molar-refractivity contribution in [1.29, 1.82) is 0 Å². The lowest BCUT2D eigenvalue weighted by Crippen LogP contribution is -2.47. The Morgan fingerprint density at radius 3 is 1.79 bits per heavy atom. The summed E-state index contributed by atoms with van der Waals surface area (Å²) in [6, 6.07) is 6.24. The van der Waals surface area contributed by atoms with Crippen LogP contribution >= 0.6 is 0 Å². The lowest BCUT2D eigenvalue weighted by Gasteiger charge is -2.55. The highest BCUT2D eigenvalue weighted by Crippen LogP contribution is 2.61. The normalized spacial score (nSPS) is 23.2. The summed E-state index contributed by atoms with van der Waals surface area (Å²) in [5.74, 6) is 1.72. The second-order valence-corrected chi connectivity index (χ2v) is 13.5. The number of benzene rings is 1. The van der Waals surface area contributed by atoms with Gasteiger partial charge in [0.25, 0.3) is 0 Å². The number of hydrogen-bond donors (Lipinski definition) is 2. The number of para-hydroxylation sites is 1. The fourth-order valence-corrected chi connectivity index (χ4v) is 7.53. The number of aliphatic hydroxyl groups is 1. The second kappa shape index (κ2) is 9.40. The standard InChI is InChI=1S/C32H48O2/c1-30(2,3)32(31(4,5)6)20-26(23-16-11-8-12-17-23)29(34)27(21-32)25-19-13-18-24(28(25)33)22-14-9-7-10-15-22/h13,18-19,21-23,33-34H,7-12,14-17,20H2,1-6H3.